The lowest BCUT2D eigenvalue weighted by Gasteiger charge is -2.37. The van der Waals surface area contributed by atoms with Crippen molar-refractivity contribution in [3.05, 3.63) is 33.8 Å². The van der Waals surface area contributed by atoms with Crippen molar-refractivity contribution in [2.24, 2.45) is 5.73 Å². The molecule has 17 heavy (non-hydrogen) atoms. The van der Waals surface area contributed by atoms with Crippen molar-refractivity contribution >= 4 is 35.6 Å². The summed E-state index contributed by atoms with van der Waals surface area (Å²) in [5.41, 5.74) is 7.37. The van der Waals surface area contributed by atoms with E-state index in [1.807, 2.05) is 12.1 Å². The van der Waals surface area contributed by atoms with Gasteiger partial charge in [0.25, 0.3) is 0 Å². The highest BCUT2D eigenvalue weighted by Gasteiger charge is 2.32. The van der Waals surface area contributed by atoms with Crippen LogP contribution in [-0.2, 0) is 5.41 Å². The molecule has 1 aromatic rings. The number of rotatable bonds is 2. The Morgan fingerprint density at radius 2 is 1.71 bits per heavy atom. The van der Waals surface area contributed by atoms with Gasteiger partial charge in [0.2, 0.25) is 0 Å². The van der Waals surface area contributed by atoms with Crippen LogP contribution in [0.15, 0.2) is 18.2 Å². The number of halogens is 3. The van der Waals surface area contributed by atoms with Crippen molar-refractivity contribution in [1.29, 1.82) is 0 Å². The summed E-state index contributed by atoms with van der Waals surface area (Å²) in [6, 6.07) is 5.94. The Labute approximate surface area is 119 Å². The van der Waals surface area contributed by atoms with E-state index in [1.165, 1.54) is 37.7 Å². The van der Waals surface area contributed by atoms with E-state index in [-0.39, 0.29) is 17.8 Å². The highest BCUT2D eigenvalue weighted by molar-refractivity contribution is 6.42. The smallest absolute Gasteiger partial charge is 0.0595 e. The summed E-state index contributed by atoms with van der Waals surface area (Å²) in [5.74, 6) is 0. The normalized spacial score (nSPS) is 18.5. The maximum atomic E-state index is 6.08. The van der Waals surface area contributed by atoms with Gasteiger partial charge in [-0.1, -0.05) is 48.5 Å². The zero-order chi connectivity index (χ0) is 11.6. The Bertz CT molecular complexity index is 373. The molecule has 0 bridgehead atoms. The number of benzene rings is 1. The SMILES string of the molecule is Cl.NCC1(c2ccc(Cl)c(Cl)c2)CCCCC1. The zero-order valence-corrected chi connectivity index (χ0v) is 12.0. The second-order valence-electron chi connectivity index (χ2n) is 4.67. The molecule has 0 unspecified atom stereocenters. The first-order chi connectivity index (χ1) is 7.68. The van der Waals surface area contributed by atoms with E-state index in [2.05, 4.69) is 6.07 Å². The lowest BCUT2D eigenvalue weighted by atomic mass is 9.69. The average molecular weight is 295 g/mol. The van der Waals surface area contributed by atoms with Gasteiger partial charge in [-0.15, -0.1) is 12.4 Å². The molecule has 1 aliphatic carbocycles. The Kier molecular flexibility index (Phi) is 5.59. The lowest BCUT2D eigenvalue weighted by Crippen LogP contribution is -2.37. The van der Waals surface area contributed by atoms with Crippen molar-refractivity contribution in [3.63, 3.8) is 0 Å². The van der Waals surface area contributed by atoms with Gasteiger partial charge in [-0.3, -0.25) is 0 Å². The number of hydrogen-bond donors (Lipinski definition) is 1. The van der Waals surface area contributed by atoms with E-state index < -0.39 is 0 Å². The first-order valence-electron chi connectivity index (χ1n) is 5.83. The van der Waals surface area contributed by atoms with Gasteiger partial charge in [-0.25, -0.2) is 0 Å². The van der Waals surface area contributed by atoms with E-state index in [0.717, 1.165) is 0 Å². The van der Waals surface area contributed by atoms with Crippen LogP contribution < -0.4 is 5.73 Å². The molecule has 0 aliphatic heterocycles. The van der Waals surface area contributed by atoms with Crippen molar-refractivity contribution < 1.29 is 0 Å². The molecular formula is C13H18Cl3N. The van der Waals surface area contributed by atoms with Crippen LogP contribution in [0, 0.1) is 0 Å². The summed E-state index contributed by atoms with van der Waals surface area (Å²) >= 11 is 12.0. The summed E-state index contributed by atoms with van der Waals surface area (Å²) < 4.78 is 0. The topological polar surface area (TPSA) is 26.0 Å². The van der Waals surface area contributed by atoms with Crippen LogP contribution in [0.25, 0.3) is 0 Å². The minimum Gasteiger partial charge on any atom is -0.330 e. The van der Waals surface area contributed by atoms with Crippen LogP contribution >= 0.6 is 35.6 Å². The largest absolute Gasteiger partial charge is 0.330 e. The Morgan fingerprint density at radius 3 is 2.24 bits per heavy atom. The number of nitrogens with two attached hydrogens (primary N) is 1. The van der Waals surface area contributed by atoms with Crippen LogP contribution in [0.4, 0.5) is 0 Å². The van der Waals surface area contributed by atoms with E-state index >= 15 is 0 Å². The van der Waals surface area contributed by atoms with Gasteiger partial charge < -0.3 is 5.73 Å². The predicted molar refractivity (Wildman–Crippen MR) is 77.5 cm³/mol. The van der Waals surface area contributed by atoms with Gasteiger partial charge in [0.05, 0.1) is 10.0 Å². The van der Waals surface area contributed by atoms with Gasteiger partial charge in [-0.05, 0) is 30.5 Å². The summed E-state index contributed by atoms with van der Waals surface area (Å²) in [7, 11) is 0. The second kappa shape index (κ2) is 6.29. The fraction of sp³-hybridized carbons (Fsp3) is 0.538. The third-order valence-corrected chi connectivity index (χ3v) is 4.47. The van der Waals surface area contributed by atoms with Crippen LogP contribution in [0.5, 0.6) is 0 Å². The minimum absolute atomic E-state index is 0. The van der Waals surface area contributed by atoms with E-state index in [0.29, 0.717) is 16.6 Å². The van der Waals surface area contributed by atoms with Crippen LogP contribution in [0.2, 0.25) is 10.0 Å². The van der Waals surface area contributed by atoms with Crippen molar-refractivity contribution in [2.75, 3.05) is 6.54 Å². The first kappa shape index (κ1) is 15.1. The summed E-state index contributed by atoms with van der Waals surface area (Å²) in [6.07, 6.45) is 6.18. The molecule has 96 valence electrons. The quantitative estimate of drug-likeness (QED) is 0.849. The van der Waals surface area contributed by atoms with E-state index in [9.17, 15) is 0 Å². The van der Waals surface area contributed by atoms with Gasteiger partial charge in [0.15, 0.2) is 0 Å². The first-order valence-corrected chi connectivity index (χ1v) is 6.59. The predicted octanol–water partition coefficient (Wildman–Crippen LogP) is 4.58. The molecule has 1 aliphatic rings. The molecule has 1 aromatic carbocycles. The zero-order valence-electron chi connectivity index (χ0n) is 9.72. The molecule has 0 atom stereocenters. The third kappa shape index (κ3) is 3.08. The van der Waals surface area contributed by atoms with Crippen LogP contribution in [0.3, 0.4) is 0 Å². The van der Waals surface area contributed by atoms with Gasteiger partial charge in [0.1, 0.15) is 0 Å². The van der Waals surface area contributed by atoms with Crippen LogP contribution in [0.1, 0.15) is 37.7 Å². The molecule has 1 saturated carbocycles. The molecule has 0 amide bonds. The van der Waals surface area contributed by atoms with E-state index in [1.54, 1.807) is 0 Å². The molecule has 0 heterocycles. The highest BCUT2D eigenvalue weighted by atomic mass is 35.5. The highest BCUT2D eigenvalue weighted by Crippen LogP contribution is 2.40. The average Bonchev–Trinajstić information content (AvgIpc) is 2.33. The molecule has 0 aromatic heterocycles. The van der Waals surface area contributed by atoms with Gasteiger partial charge >= 0.3 is 0 Å². The molecule has 4 heteroatoms. The molecule has 2 rings (SSSR count). The molecule has 0 saturated heterocycles. The summed E-state index contributed by atoms with van der Waals surface area (Å²) in [4.78, 5) is 0. The van der Waals surface area contributed by atoms with Gasteiger partial charge in [0, 0.05) is 12.0 Å². The molecule has 1 fully saturated rings. The van der Waals surface area contributed by atoms with Crippen LogP contribution in [-0.4, -0.2) is 6.54 Å². The molecule has 1 nitrogen and oxygen atoms in total. The Morgan fingerprint density at radius 1 is 1.06 bits per heavy atom. The second-order valence-corrected chi connectivity index (χ2v) is 5.49. The van der Waals surface area contributed by atoms with Crippen molar-refractivity contribution in [2.45, 2.75) is 37.5 Å². The Hall–Kier alpha value is 0.0500. The summed E-state index contributed by atoms with van der Waals surface area (Å²) in [5, 5.41) is 1.26. The fourth-order valence-corrected chi connectivity index (χ4v) is 2.96. The lowest BCUT2D eigenvalue weighted by molar-refractivity contribution is 0.301. The Balaban J connectivity index is 0.00000144. The van der Waals surface area contributed by atoms with E-state index in [4.69, 9.17) is 28.9 Å². The molecular weight excluding hydrogens is 277 g/mol. The maximum absolute atomic E-state index is 6.08. The molecule has 0 radical (unpaired) electrons. The summed E-state index contributed by atoms with van der Waals surface area (Å²) in [6.45, 7) is 0.699. The molecule has 0 spiro atoms. The standard InChI is InChI=1S/C13H17Cl2N.ClH/c14-11-5-4-10(8-12(11)15)13(9-16)6-2-1-3-7-13;/h4-5,8H,1-3,6-7,9,16H2;1H. The maximum Gasteiger partial charge on any atom is 0.0595 e. The molecule has 2 N–H and O–H groups in total. The fourth-order valence-electron chi connectivity index (χ4n) is 2.67. The minimum atomic E-state index is 0. The van der Waals surface area contributed by atoms with Crippen molar-refractivity contribution in [3.8, 4) is 0 Å². The third-order valence-electron chi connectivity index (χ3n) is 3.73. The van der Waals surface area contributed by atoms with Crippen molar-refractivity contribution in [1.82, 2.24) is 0 Å². The monoisotopic (exact) mass is 293 g/mol. The van der Waals surface area contributed by atoms with Gasteiger partial charge in [-0.2, -0.15) is 0 Å². The number of hydrogen-bond acceptors (Lipinski definition) is 1.